The van der Waals surface area contributed by atoms with Crippen LogP contribution in [-0.2, 0) is 23.8 Å². The smallest absolute Gasteiger partial charge is 0.309 e. The standard InChI is InChI=1S/C30H46N2O6/c1-6-36-28(34)17-21(2)38-25-10-8-7-9-24(25)22-11-13-23(14-12-22)37-18-26-30(20-35-19-27(33)31-30)15-16-32(26)29(3,4)5/h7-10,21-23,26H,6,11-20H2,1-5H3,(H,31,33). The summed E-state index contributed by atoms with van der Waals surface area (Å²) in [7, 11) is 0. The predicted molar refractivity (Wildman–Crippen MR) is 145 cm³/mol. The third-order valence-corrected chi connectivity index (χ3v) is 8.27. The molecule has 2 saturated heterocycles. The largest absolute Gasteiger partial charge is 0.490 e. The third kappa shape index (κ3) is 6.88. The van der Waals surface area contributed by atoms with E-state index in [0.717, 1.165) is 44.4 Å². The van der Waals surface area contributed by atoms with E-state index in [2.05, 4.69) is 43.1 Å². The summed E-state index contributed by atoms with van der Waals surface area (Å²) in [6.45, 7) is 13.0. The van der Waals surface area contributed by atoms with Gasteiger partial charge in [0.15, 0.2) is 0 Å². The van der Waals surface area contributed by atoms with Crippen molar-refractivity contribution in [3.05, 3.63) is 29.8 Å². The molecule has 0 radical (unpaired) electrons. The van der Waals surface area contributed by atoms with E-state index in [9.17, 15) is 9.59 Å². The monoisotopic (exact) mass is 530 g/mol. The van der Waals surface area contributed by atoms with Gasteiger partial charge in [-0.05, 0) is 84.3 Å². The summed E-state index contributed by atoms with van der Waals surface area (Å²) in [4.78, 5) is 26.6. The van der Waals surface area contributed by atoms with E-state index in [1.165, 1.54) is 5.56 Å². The Hall–Kier alpha value is -2.16. The van der Waals surface area contributed by atoms with Crippen LogP contribution in [0.1, 0.15) is 84.6 Å². The molecule has 38 heavy (non-hydrogen) atoms. The molecule has 0 aromatic heterocycles. The second kappa shape index (κ2) is 12.3. The van der Waals surface area contributed by atoms with Crippen molar-refractivity contribution in [3.8, 4) is 5.75 Å². The number of carbonyl (C=O) groups excluding carboxylic acids is 2. The van der Waals surface area contributed by atoms with Gasteiger partial charge in [-0.15, -0.1) is 0 Å². The van der Waals surface area contributed by atoms with Crippen molar-refractivity contribution >= 4 is 11.9 Å². The molecule has 2 heterocycles. The molecule has 3 fully saturated rings. The lowest BCUT2D eigenvalue weighted by atomic mass is 9.82. The van der Waals surface area contributed by atoms with Gasteiger partial charge in [-0.25, -0.2) is 0 Å². The van der Waals surface area contributed by atoms with Crippen LogP contribution in [0.15, 0.2) is 24.3 Å². The molecule has 8 heteroatoms. The molecular weight excluding hydrogens is 484 g/mol. The molecule has 1 aromatic carbocycles. The highest BCUT2D eigenvalue weighted by atomic mass is 16.5. The minimum absolute atomic E-state index is 0.0223. The van der Waals surface area contributed by atoms with Gasteiger partial charge in [0.2, 0.25) is 5.91 Å². The Morgan fingerprint density at radius 1 is 1.21 bits per heavy atom. The fourth-order valence-corrected chi connectivity index (χ4v) is 6.39. The highest BCUT2D eigenvalue weighted by molar-refractivity contribution is 5.79. The Balaban J connectivity index is 1.34. The molecule has 1 amide bonds. The van der Waals surface area contributed by atoms with E-state index in [4.69, 9.17) is 18.9 Å². The number of hydrogen-bond donors (Lipinski definition) is 1. The summed E-state index contributed by atoms with van der Waals surface area (Å²) in [6, 6.07) is 8.27. The molecule has 212 valence electrons. The number of morpholine rings is 1. The summed E-state index contributed by atoms with van der Waals surface area (Å²) in [5, 5.41) is 3.27. The maximum atomic E-state index is 12.3. The molecule has 1 saturated carbocycles. The van der Waals surface area contributed by atoms with Gasteiger partial charge in [0.1, 0.15) is 18.5 Å². The van der Waals surface area contributed by atoms with Crippen molar-refractivity contribution in [2.24, 2.45) is 0 Å². The molecule has 4 rings (SSSR count). The topological polar surface area (TPSA) is 86.3 Å². The number of rotatable bonds is 9. The maximum Gasteiger partial charge on any atom is 0.309 e. The van der Waals surface area contributed by atoms with Crippen molar-refractivity contribution in [2.45, 2.75) is 108 Å². The number of nitrogens with zero attached hydrogens (tertiary/aromatic N) is 1. The Kier molecular flexibility index (Phi) is 9.37. The van der Waals surface area contributed by atoms with Gasteiger partial charge in [0, 0.05) is 12.1 Å². The highest BCUT2D eigenvalue weighted by Gasteiger charge is 2.53. The average Bonchev–Trinajstić information content (AvgIpc) is 3.20. The van der Waals surface area contributed by atoms with Crippen LogP contribution in [0.3, 0.4) is 0 Å². The fraction of sp³-hybridized carbons (Fsp3) is 0.733. The van der Waals surface area contributed by atoms with Gasteiger partial charge in [0.25, 0.3) is 0 Å². The molecule has 0 bridgehead atoms. The second-order valence-electron chi connectivity index (χ2n) is 12.1. The van der Waals surface area contributed by atoms with E-state index in [1.54, 1.807) is 0 Å². The number of likely N-dealkylation sites (tertiary alicyclic amines) is 1. The summed E-state index contributed by atoms with van der Waals surface area (Å²) in [5.74, 6) is 0.990. The molecule has 3 atom stereocenters. The zero-order valence-corrected chi connectivity index (χ0v) is 23.8. The molecule has 2 aliphatic heterocycles. The highest BCUT2D eigenvalue weighted by Crippen LogP contribution is 2.40. The maximum absolute atomic E-state index is 12.3. The first-order chi connectivity index (χ1) is 18.1. The Labute approximate surface area is 227 Å². The van der Waals surface area contributed by atoms with Crippen molar-refractivity contribution < 1.29 is 28.5 Å². The van der Waals surface area contributed by atoms with Crippen molar-refractivity contribution in [1.29, 1.82) is 0 Å². The van der Waals surface area contributed by atoms with Crippen molar-refractivity contribution in [2.75, 3.05) is 33.0 Å². The lowest BCUT2D eigenvalue weighted by molar-refractivity contribution is -0.144. The normalized spacial score (nSPS) is 29.2. The van der Waals surface area contributed by atoms with Gasteiger partial charge in [-0.1, -0.05) is 18.2 Å². The number of esters is 1. The van der Waals surface area contributed by atoms with E-state index in [1.807, 2.05) is 26.0 Å². The van der Waals surface area contributed by atoms with Gasteiger partial charge in [-0.3, -0.25) is 14.5 Å². The van der Waals surface area contributed by atoms with E-state index in [0.29, 0.717) is 25.7 Å². The van der Waals surface area contributed by atoms with Crippen LogP contribution in [0.4, 0.5) is 0 Å². The summed E-state index contributed by atoms with van der Waals surface area (Å²) < 4.78 is 23.5. The predicted octanol–water partition coefficient (Wildman–Crippen LogP) is 4.21. The van der Waals surface area contributed by atoms with Crippen LogP contribution in [0.5, 0.6) is 5.75 Å². The first kappa shape index (κ1) is 28.8. The van der Waals surface area contributed by atoms with Crippen LogP contribution in [-0.4, -0.2) is 79.1 Å². The first-order valence-electron chi connectivity index (χ1n) is 14.3. The zero-order chi connectivity index (χ0) is 27.3. The average molecular weight is 531 g/mol. The number of para-hydroxylation sites is 1. The van der Waals surface area contributed by atoms with Crippen molar-refractivity contribution in [3.63, 3.8) is 0 Å². The molecule has 3 unspecified atom stereocenters. The lowest BCUT2D eigenvalue weighted by Crippen LogP contribution is -2.66. The third-order valence-electron chi connectivity index (χ3n) is 8.27. The minimum atomic E-state index is -0.379. The van der Waals surface area contributed by atoms with Gasteiger partial charge in [-0.2, -0.15) is 0 Å². The van der Waals surface area contributed by atoms with Crippen LogP contribution < -0.4 is 10.1 Å². The number of benzene rings is 1. The van der Waals surface area contributed by atoms with Crippen molar-refractivity contribution in [1.82, 2.24) is 10.2 Å². The molecule has 3 aliphatic rings. The SMILES string of the molecule is CCOC(=O)CC(C)Oc1ccccc1C1CCC(OCC2N(C(C)(C)C)CCC23COCC(=O)N3)CC1. The van der Waals surface area contributed by atoms with Gasteiger partial charge < -0.3 is 24.3 Å². The van der Waals surface area contributed by atoms with E-state index >= 15 is 0 Å². The number of amides is 1. The summed E-state index contributed by atoms with van der Waals surface area (Å²) in [5.41, 5.74) is 0.805. The fourth-order valence-electron chi connectivity index (χ4n) is 6.39. The van der Waals surface area contributed by atoms with E-state index < -0.39 is 0 Å². The molecule has 8 nitrogen and oxygen atoms in total. The van der Waals surface area contributed by atoms with Crippen LogP contribution >= 0.6 is 0 Å². The van der Waals surface area contributed by atoms with E-state index in [-0.39, 0.29) is 54.2 Å². The first-order valence-corrected chi connectivity index (χ1v) is 14.3. The summed E-state index contributed by atoms with van der Waals surface area (Å²) in [6.07, 6.45) is 5.08. The molecule has 1 spiro atoms. The Morgan fingerprint density at radius 2 is 1.95 bits per heavy atom. The molecule has 1 aliphatic carbocycles. The number of hydrogen-bond acceptors (Lipinski definition) is 7. The zero-order valence-electron chi connectivity index (χ0n) is 23.8. The number of carbonyl (C=O) groups is 2. The Bertz CT molecular complexity index is 954. The second-order valence-corrected chi connectivity index (χ2v) is 12.1. The number of ether oxygens (including phenoxy) is 4. The minimum Gasteiger partial charge on any atom is -0.490 e. The van der Waals surface area contributed by atoms with Crippen LogP contribution in [0, 0.1) is 0 Å². The van der Waals surface area contributed by atoms with Crippen LogP contribution in [0.25, 0.3) is 0 Å². The van der Waals surface area contributed by atoms with Gasteiger partial charge >= 0.3 is 5.97 Å². The molecular formula is C30H46N2O6. The molecule has 1 N–H and O–H groups in total. The quantitative estimate of drug-likeness (QED) is 0.479. The van der Waals surface area contributed by atoms with Crippen LogP contribution in [0.2, 0.25) is 0 Å². The summed E-state index contributed by atoms with van der Waals surface area (Å²) >= 11 is 0. The van der Waals surface area contributed by atoms with Gasteiger partial charge in [0.05, 0.1) is 43.9 Å². The lowest BCUT2D eigenvalue weighted by Gasteiger charge is -2.45. The molecule has 1 aromatic rings. The number of nitrogens with one attached hydrogen (secondary N) is 1. The Morgan fingerprint density at radius 3 is 2.63 bits per heavy atom.